The number of nitrogens with zero attached hydrogens (tertiary/aromatic N) is 2. The van der Waals surface area contributed by atoms with Crippen LogP contribution in [0.25, 0.3) is 10.8 Å². The number of anilines is 1. The number of aromatic nitrogens is 2. The predicted molar refractivity (Wildman–Crippen MR) is 91.6 cm³/mol. The van der Waals surface area contributed by atoms with Crippen LogP contribution in [0.5, 0.6) is 0 Å². The fourth-order valence-electron chi connectivity index (χ4n) is 3.09. The van der Waals surface area contributed by atoms with E-state index >= 15 is 0 Å². The van der Waals surface area contributed by atoms with E-state index in [1.807, 2.05) is 29.6 Å². The molecule has 1 aromatic carbocycles. The lowest BCUT2D eigenvalue weighted by molar-refractivity contribution is -0.119. The Morgan fingerprint density at radius 2 is 2.22 bits per heavy atom. The van der Waals surface area contributed by atoms with Crippen molar-refractivity contribution in [3.05, 3.63) is 53.2 Å². The number of amides is 1. The van der Waals surface area contributed by atoms with Crippen LogP contribution in [-0.2, 0) is 4.79 Å². The predicted octanol–water partition coefficient (Wildman–Crippen LogP) is 2.63. The van der Waals surface area contributed by atoms with Gasteiger partial charge in [0, 0.05) is 59.4 Å². The Labute approximate surface area is 137 Å². The highest BCUT2D eigenvalue weighted by molar-refractivity contribution is 7.09. The van der Waals surface area contributed by atoms with Crippen molar-refractivity contribution in [3.8, 4) is 0 Å². The third-order valence-electron chi connectivity index (χ3n) is 4.26. The highest BCUT2D eigenvalue weighted by Gasteiger charge is 2.35. The molecule has 116 valence electrons. The molecule has 0 aliphatic carbocycles. The first-order valence-electron chi connectivity index (χ1n) is 7.56. The van der Waals surface area contributed by atoms with E-state index in [0.29, 0.717) is 6.54 Å². The minimum Gasteiger partial charge on any atom is -0.325 e. The second kappa shape index (κ2) is 6.06. The number of thiazole rings is 1. The van der Waals surface area contributed by atoms with Crippen LogP contribution in [0, 0.1) is 5.92 Å². The first-order valence-corrected chi connectivity index (χ1v) is 8.44. The molecular formula is C17H16N4OS. The first kappa shape index (κ1) is 14.3. The molecule has 0 spiro atoms. The number of carbonyl (C=O) groups is 1. The smallest absolute Gasteiger partial charge is 0.229 e. The number of hydrogen-bond donors (Lipinski definition) is 2. The number of benzene rings is 1. The molecule has 1 aliphatic rings. The van der Waals surface area contributed by atoms with Crippen LogP contribution in [0.1, 0.15) is 10.9 Å². The summed E-state index contributed by atoms with van der Waals surface area (Å²) in [6, 6.07) is 7.79. The van der Waals surface area contributed by atoms with Gasteiger partial charge in [-0.15, -0.1) is 11.3 Å². The molecule has 5 nitrogen and oxygen atoms in total. The van der Waals surface area contributed by atoms with Crippen molar-refractivity contribution in [3.63, 3.8) is 0 Å². The Morgan fingerprint density at radius 3 is 3.09 bits per heavy atom. The first-order chi connectivity index (χ1) is 11.3. The molecule has 0 radical (unpaired) electrons. The van der Waals surface area contributed by atoms with E-state index in [2.05, 4.69) is 20.6 Å². The second-order valence-corrected chi connectivity index (χ2v) is 6.56. The highest BCUT2D eigenvalue weighted by atomic mass is 32.1. The van der Waals surface area contributed by atoms with E-state index in [9.17, 15) is 4.79 Å². The van der Waals surface area contributed by atoms with E-state index in [1.54, 1.807) is 29.9 Å². The van der Waals surface area contributed by atoms with Crippen molar-refractivity contribution in [2.45, 2.75) is 5.92 Å². The molecule has 0 bridgehead atoms. The molecule has 0 saturated carbocycles. The monoisotopic (exact) mass is 324 g/mol. The zero-order chi connectivity index (χ0) is 15.6. The molecule has 3 heterocycles. The maximum Gasteiger partial charge on any atom is 0.229 e. The summed E-state index contributed by atoms with van der Waals surface area (Å²) in [7, 11) is 0. The lowest BCUT2D eigenvalue weighted by atomic mass is 9.95. The summed E-state index contributed by atoms with van der Waals surface area (Å²) >= 11 is 1.61. The average molecular weight is 324 g/mol. The Kier molecular flexibility index (Phi) is 3.77. The topological polar surface area (TPSA) is 66.9 Å². The van der Waals surface area contributed by atoms with Gasteiger partial charge >= 0.3 is 0 Å². The molecule has 2 N–H and O–H groups in total. The number of fused-ring (bicyclic) bond motifs is 1. The third kappa shape index (κ3) is 2.71. The van der Waals surface area contributed by atoms with E-state index in [1.165, 1.54) is 0 Å². The summed E-state index contributed by atoms with van der Waals surface area (Å²) in [5, 5.41) is 11.4. The van der Waals surface area contributed by atoms with Crippen LogP contribution in [0.2, 0.25) is 0 Å². The number of rotatable bonds is 3. The number of pyridine rings is 1. The van der Waals surface area contributed by atoms with Gasteiger partial charge in [0.05, 0.1) is 10.9 Å². The fraction of sp³-hybridized carbons (Fsp3) is 0.235. The molecule has 2 aromatic heterocycles. The van der Waals surface area contributed by atoms with Gasteiger partial charge in [-0.25, -0.2) is 4.98 Å². The van der Waals surface area contributed by atoms with Gasteiger partial charge in [0.15, 0.2) is 0 Å². The molecule has 6 heteroatoms. The molecular weight excluding hydrogens is 308 g/mol. The molecule has 1 unspecified atom stereocenters. The SMILES string of the molecule is O=C(Nc1cccc2cnccc12)[C@H]1CNCC1c1nccs1. The standard InChI is InChI=1S/C17H16N4OS/c22-16(13-9-19-10-14(13)17-20-6-7-23-17)21-15-3-1-2-11-8-18-5-4-12(11)15/h1-8,13-14,19H,9-10H2,(H,21,22)/t13-,14?/m0/s1. The van der Waals surface area contributed by atoms with Gasteiger partial charge in [0.2, 0.25) is 5.91 Å². The van der Waals surface area contributed by atoms with Crippen molar-refractivity contribution in [1.29, 1.82) is 0 Å². The lowest BCUT2D eigenvalue weighted by Crippen LogP contribution is -2.28. The minimum absolute atomic E-state index is 0.0412. The molecule has 1 aliphatic heterocycles. The average Bonchev–Trinajstić information content (AvgIpc) is 3.26. The molecule has 1 amide bonds. The maximum atomic E-state index is 12.8. The minimum atomic E-state index is -0.0988. The van der Waals surface area contributed by atoms with Gasteiger partial charge in [-0.1, -0.05) is 12.1 Å². The van der Waals surface area contributed by atoms with E-state index in [4.69, 9.17) is 0 Å². The Bertz CT molecular complexity index is 828. The number of carbonyl (C=O) groups excluding carboxylic acids is 1. The Hall–Kier alpha value is -2.31. The summed E-state index contributed by atoms with van der Waals surface area (Å²) in [5.74, 6) is 0.0874. The van der Waals surface area contributed by atoms with Gasteiger partial charge in [0.1, 0.15) is 0 Å². The van der Waals surface area contributed by atoms with Crippen LogP contribution in [0.4, 0.5) is 5.69 Å². The molecule has 4 rings (SSSR count). The van der Waals surface area contributed by atoms with Crippen molar-refractivity contribution in [2.75, 3.05) is 18.4 Å². The normalized spacial score (nSPS) is 20.7. The fourth-order valence-corrected chi connectivity index (χ4v) is 3.89. The van der Waals surface area contributed by atoms with E-state index in [0.717, 1.165) is 28.0 Å². The summed E-state index contributed by atoms with van der Waals surface area (Å²) in [6.07, 6.45) is 5.35. The molecule has 2 atom stereocenters. The number of hydrogen-bond acceptors (Lipinski definition) is 5. The van der Waals surface area contributed by atoms with E-state index in [-0.39, 0.29) is 17.7 Å². The van der Waals surface area contributed by atoms with Crippen LogP contribution in [-0.4, -0.2) is 29.0 Å². The van der Waals surface area contributed by atoms with Gasteiger partial charge in [0.25, 0.3) is 0 Å². The number of nitrogens with one attached hydrogen (secondary N) is 2. The van der Waals surface area contributed by atoms with Crippen molar-refractivity contribution in [2.24, 2.45) is 5.92 Å². The second-order valence-electron chi connectivity index (χ2n) is 5.63. The van der Waals surface area contributed by atoms with Gasteiger partial charge in [-0.3, -0.25) is 9.78 Å². The maximum absolute atomic E-state index is 12.8. The Balaban J connectivity index is 1.59. The molecule has 1 fully saturated rings. The Morgan fingerprint density at radius 1 is 1.26 bits per heavy atom. The zero-order valence-corrected chi connectivity index (χ0v) is 13.2. The molecule has 1 saturated heterocycles. The van der Waals surface area contributed by atoms with Gasteiger partial charge in [-0.05, 0) is 12.1 Å². The molecule has 23 heavy (non-hydrogen) atoms. The van der Waals surface area contributed by atoms with Crippen molar-refractivity contribution in [1.82, 2.24) is 15.3 Å². The van der Waals surface area contributed by atoms with Crippen LogP contribution in [0.15, 0.2) is 48.2 Å². The summed E-state index contributed by atoms with van der Waals surface area (Å²) in [6.45, 7) is 1.48. The van der Waals surface area contributed by atoms with E-state index < -0.39 is 0 Å². The molecule has 3 aromatic rings. The largest absolute Gasteiger partial charge is 0.325 e. The van der Waals surface area contributed by atoms with Gasteiger partial charge in [-0.2, -0.15) is 0 Å². The van der Waals surface area contributed by atoms with Crippen molar-refractivity contribution >= 4 is 33.7 Å². The lowest BCUT2D eigenvalue weighted by Gasteiger charge is -2.17. The zero-order valence-electron chi connectivity index (χ0n) is 12.4. The van der Waals surface area contributed by atoms with Gasteiger partial charge < -0.3 is 10.6 Å². The van der Waals surface area contributed by atoms with Crippen molar-refractivity contribution < 1.29 is 4.79 Å². The highest BCUT2D eigenvalue weighted by Crippen LogP contribution is 2.31. The van der Waals surface area contributed by atoms with Crippen LogP contribution >= 0.6 is 11.3 Å². The summed E-state index contributed by atoms with van der Waals surface area (Å²) < 4.78 is 0. The summed E-state index contributed by atoms with van der Waals surface area (Å²) in [5.41, 5.74) is 0.833. The quantitative estimate of drug-likeness (QED) is 0.777. The summed E-state index contributed by atoms with van der Waals surface area (Å²) in [4.78, 5) is 21.3. The van der Waals surface area contributed by atoms with Crippen LogP contribution < -0.4 is 10.6 Å². The third-order valence-corrected chi connectivity index (χ3v) is 5.17. The van der Waals surface area contributed by atoms with Crippen LogP contribution in [0.3, 0.4) is 0 Å².